The summed E-state index contributed by atoms with van der Waals surface area (Å²) in [6.07, 6.45) is 1.97. The normalized spacial score (nSPS) is 11.8. The third-order valence-corrected chi connectivity index (χ3v) is 6.68. The molecule has 4 aromatic rings. The van der Waals surface area contributed by atoms with Gasteiger partial charge >= 0.3 is 5.97 Å². The summed E-state index contributed by atoms with van der Waals surface area (Å²) in [6, 6.07) is 17.1. The van der Waals surface area contributed by atoms with Crippen LogP contribution in [0.4, 0.5) is 0 Å². The second kappa shape index (κ2) is 9.40. The Bertz CT molecular complexity index is 1330. The number of rotatable bonds is 5. The number of aromatic nitrogens is 1. The molecule has 0 aliphatic carbocycles. The van der Waals surface area contributed by atoms with Gasteiger partial charge in [-0.3, -0.25) is 4.99 Å². The first-order valence-electron chi connectivity index (χ1n) is 9.72. The molecule has 0 saturated carbocycles. The van der Waals surface area contributed by atoms with Crippen LogP contribution in [0.15, 0.2) is 74.7 Å². The predicted octanol–water partition coefficient (Wildman–Crippen LogP) is 5.96. The lowest BCUT2D eigenvalue weighted by Gasteiger charge is -2.10. The Hall–Kier alpha value is -2.39. The summed E-state index contributed by atoms with van der Waals surface area (Å²) in [5.74, 6) is 0.465. The highest BCUT2D eigenvalue weighted by atomic mass is 127. The Balaban J connectivity index is 1.65. The molecule has 0 unspecified atom stereocenters. The molecule has 0 N–H and O–H groups in total. The van der Waals surface area contributed by atoms with E-state index in [2.05, 4.69) is 50.4 Å². The number of carbonyl (C=O) groups is 1. The highest BCUT2D eigenvalue weighted by Gasteiger charge is 2.15. The number of pyridine rings is 1. The molecule has 0 spiro atoms. The zero-order chi connectivity index (χ0) is 22.0. The number of esters is 1. The average molecular weight is 591 g/mol. The second-order valence-electron chi connectivity index (χ2n) is 6.99. The maximum Gasteiger partial charge on any atom is 0.338 e. The van der Waals surface area contributed by atoms with E-state index in [1.165, 1.54) is 0 Å². The number of hydrogen-bond donors (Lipinski definition) is 0. The van der Waals surface area contributed by atoms with Gasteiger partial charge in [0.05, 0.1) is 21.1 Å². The first kappa shape index (κ1) is 21.8. The Kier molecular flexibility index (Phi) is 6.62. The van der Waals surface area contributed by atoms with E-state index < -0.39 is 0 Å². The fraction of sp³-hybridized carbons (Fsp3) is 0.167. The molecule has 0 aliphatic rings. The molecule has 5 nitrogen and oxygen atoms in total. The molecule has 4 rings (SSSR count). The molecule has 0 bridgehead atoms. The molecular formula is C24H20BrIN2O3. The highest BCUT2D eigenvalue weighted by molar-refractivity contribution is 14.1. The minimum absolute atomic E-state index is 0.248. The van der Waals surface area contributed by atoms with Gasteiger partial charge in [0.1, 0.15) is 17.9 Å². The van der Waals surface area contributed by atoms with Crippen LogP contribution in [-0.2, 0) is 11.3 Å². The zero-order valence-corrected chi connectivity index (χ0v) is 20.8. The van der Waals surface area contributed by atoms with Crippen LogP contribution in [0.25, 0.3) is 22.3 Å². The predicted molar refractivity (Wildman–Crippen MR) is 133 cm³/mol. The topological polar surface area (TPSA) is 56.7 Å². The van der Waals surface area contributed by atoms with Crippen molar-refractivity contribution in [2.45, 2.75) is 13.5 Å². The number of carbonyl (C=O) groups excluding carboxylic acids is 1. The number of hydrogen-bond acceptors (Lipinski definition) is 4. The van der Waals surface area contributed by atoms with Crippen LogP contribution in [0.5, 0.6) is 0 Å². The molecule has 0 aliphatic heterocycles. The number of ether oxygens (including phenoxy) is 1. The van der Waals surface area contributed by atoms with Crippen LogP contribution < -0.4 is 5.49 Å². The van der Waals surface area contributed by atoms with Crippen LogP contribution in [-0.4, -0.2) is 24.2 Å². The van der Waals surface area contributed by atoms with E-state index in [-0.39, 0.29) is 12.6 Å². The van der Waals surface area contributed by atoms with E-state index in [9.17, 15) is 4.79 Å². The summed E-state index contributed by atoms with van der Waals surface area (Å²) in [5, 5.41) is 0.929. The van der Waals surface area contributed by atoms with Crippen LogP contribution in [0.3, 0.4) is 0 Å². The SMILES string of the molecule is CN=c1c2cc(-c3cccc(Br)c3C)oc2c(I)cn1CCOC(=O)c1ccccc1. The van der Waals surface area contributed by atoms with Gasteiger partial charge in [-0.1, -0.05) is 46.3 Å². The highest BCUT2D eigenvalue weighted by Crippen LogP contribution is 2.33. The molecule has 158 valence electrons. The van der Waals surface area contributed by atoms with Crippen molar-refractivity contribution < 1.29 is 13.9 Å². The lowest BCUT2D eigenvalue weighted by Crippen LogP contribution is -2.24. The Morgan fingerprint density at radius 1 is 1.19 bits per heavy atom. The number of halogens is 2. The molecule has 2 heterocycles. The van der Waals surface area contributed by atoms with Gasteiger partial charge in [-0.15, -0.1) is 0 Å². The van der Waals surface area contributed by atoms with Crippen LogP contribution in [0.1, 0.15) is 15.9 Å². The molecule has 0 fully saturated rings. The second-order valence-corrected chi connectivity index (χ2v) is 9.00. The first-order chi connectivity index (χ1) is 15.0. The van der Waals surface area contributed by atoms with E-state index >= 15 is 0 Å². The Morgan fingerprint density at radius 2 is 1.97 bits per heavy atom. The van der Waals surface area contributed by atoms with Gasteiger partial charge in [0, 0.05) is 23.3 Å². The number of nitrogens with zero attached hydrogens (tertiary/aromatic N) is 2. The summed E-state index contributed by atoms with van der Waals surface area (Å²) >= 11 is 5.86. The molecule has 2 aromatic carbocycles. The summed E-state index contributed by atoms with van der Waals surface area (Å²) in [4.78, 5) is 16.7. The van der Waals surface area contributed by atoms with Gasteiger partial charge in [-0.2, -0.15) is 0 Å². The maximum absolute atomic E-state index is 12.2. The quantitative estimate of drug-likeness (QED) is 0.213. The molecule has 7 heteroatoms. The average Bonchev–Trinajstić information content (AvgIpc) is 3.22. The van der Waals surface area contributed by atoms with Crippen LogP contribution in [0, 0.1) is 10.5 Å². The molecule has 0 radical (unpaired) electrons. The molecule has 0 saturated heterocycles. The van der Waals surface area contributed by atoms with Gasteiger partial charge in [0.15, 0.2) is 5.58 Å². The van der Waals surface area contributed by atoms with E-state index in [1.54, 1.807) is 19.2 Å². The summed E-state index contributed by atoms with van der Waals surface area (Å²) in [7, 11) is 1.76. The summed E-state index contributed by atoms with van der Waals surface area (Å²) < 4.78 is 15.7. The van der Waals surface area contributed by atoms with Crippen LogP contribution in [0.2, 0.25) is 0 Å². The van der Waals surface area contributed by atoms with E-state index in [1.807, 2.05) is 53.2 Å². The fourth-order valence-corrected chi connectivity index (χ4v) is 4.57. The van der Waals surface area contributed by atoms with Crippen molar-refractivity contribution in [1.29, 1.82) is 0 Å². The van der Waals surface area contributed by atoms with Gasteiger partial charge in [-0.05, 0) is 59.3 Å². The summed E-state index contributed by atoms with van der Waals surface area (Å²) in [5.41, 5.74) is 4.28. The lowest BCUT2D eigenvalue weighted by molar-refractivity contribution is 0.0490. The Morgan fingerprint density at radius 3 is 2.71 bits per heavy atom. The minimum Gasteiger partial charge on any atom is -0.460 e. The van der Waals surface area contributed by atoms with E-state index in [4.69, 9.17) is 9.15 Å². The standard InChI is InChI=1S/C24H20BrIN2O3/c1-15-17(9-6-10-19(15)25)21-13-18-22(31-21)20(26)14-28(23(18)27-2)11-12-30-24(29)16-7-4-3-5-8-16/h3-10,13-14H,11-12H2,1-2H3. The van der Waals surface area contributed by atoms with Crippen molar-refractivity contribution in [2.24, 2.45) is 4.99 Å². The summed E-state index contributed by atoms with van der Waals surface area (Å²) in [6.45, 7) is 2.80. The monoisotopic (exact) mass is 590 g/mol. The largest absolute Gasteiger partial charge is 0.460 e. The molecule has 0 amide bonds. The van der Waals surface area contributed by atoms with Gasteiger partial charge in [0.25, 0.3) is 0 Å². The maximum atomic E-state index is 12.2. The van der Waals surface area contributed by atoms with Gasteiger partial charge in [-0.25, -0.2) is 4.79 Å². The van der Waals surface area contributed by atoms with Gasteiger partial charge < -0.3 is 13.7 Å². The van der Waals surface area contributed by atoms with Crippen molar-refractivity contribution in [2.75, 3.05) is 13.7 Å². The van der Waals surface area contributed by atoms with Crippen molar-refractivity contribution in [3.8, 4) is 11.3 Å². The smallest absolute Gasteiger partial charge is 0.338 e. The zero-order valence-electron chi connectivity index (χ0n) is 17.1. The number of furan rings is 1. The molecule has 31 heavy (non-hydrogen) atoms. The van der Waals surface area contributed by atoms with Crippen molar-refractivity contribution in [3.63, 3.8) is 0 Å². The minimum atomic E-state index is -0.331. The number of benzene rings is 2. The fourth-order valence-electron chi connectivity index (χ4n) is 3.47. The van der Waals surface area contributed by atoms with Crippen molar-refractivity contribution in [1.82, 2.24) is 4.57 Å². The van der Waals surface area contributed by atoms with E-state index in [0.717, 1.165) is 41.4 Å². The molecular weight excluding hydrogens is 571 g/mol. The molecule has 2 aromatic heterocycles. The third kappa shape index (κ3) is 4.48. The van der Waals surface area contributed by atoms with Crippen molar-refractivity contribution in [3.05, 3.63) is 85.5 Å². The van der Waals surface area contributed by atoms with Crippen LogP contribution >= 0.6 is 38.5 Å². The van der Waals surface area contributed by atoms with Gasteiger partial charge in [0.2, 0.25) is 0 Å². The molecule has 0 atom stereocenters. The first-order valence-corrected chi connectivity index (χ1v) is 11.6. The van der Waals surface area contributed by atoms with E-state index in [0.29, 0.717) is 12.1 Å². The number of fused-ring (bicyclic) bond motifs is 1. The lowest BCUT2D eigenvalue weighted by atomic mass is 10.1. The Labute approximate surface area is 202 Å². The van der Waals surface area contributed by atoms with Crippen molar-refractivity contribution >= 4 is 55.5 Å². The third-order valence-electron chi connectivity index (χ3n) is 5.05.